The van der Waals surface area contributed by atoms with E-state index < -0.39 is 0 Å². The van der Waals surface area contributed by atoms with Crippen LogP contribution >= 0.6 is 24.4 Å². The summed E-state index contributed by atoms with van der Waals surface area (Å²) < 4.78 is 0. The fourth-order valence-electron chi connectivity index (χ4n) is 0.772. The van der Waals surface area contributed by atoms with Crippen molar-refractivity contribution in [3.8, 4) is 0 Å². The average molecular weight is 193 g/mol. The van der Waals surface area contributed by atoms with Crippen molar-refractivity contribution in [2.45, 2.75) is 31.4 Å². The van der Waals surface area contributed by atoms with Crippen molar-refractivity contribution in [2.75, 3.05) is 18.1 Å². The van der Waals surface area contributed by atoms with Crippen LogP contribution in [0.2, 0.25) is 0 Å². The zero-order valence-corrected chi connectivity index (χ0v) is 8.96. The molecule has 1 aliphatic rings. The number of hydrogen-bond donors (Lipinski definition) is 2. The maximum Gasteiger partial charge on any atom is 0.00586 e. The van der Waals surface area contributed by atoms with Crippen LogP contribution in [0.1, 0.15) is 26.2 Å². The first-order valence-electron chi connectivity index (χ1n) is 4.27. The van der Waals surface area contributed by atoms with Crippen molar-refractivity contribution < 1.29 is 0 Å². The van der Waals surface area contributed by atoms with Crippen LogP contribution in [0.25, 0.3) is 0 Å². The molecule has 0 aliphatic heterocycles. The molecule has 0 amide bonds. The molecule has 1 rings (SSSR count). The zero-order chi connectivity index (χ0) is 8.53. The summed E-state index contributed by atoms with van der Waals surface area (Å²) in [4.78, 5) is 0. The molecular weight excluding hydrogens is 174 g/mol. The summed E-state index contributed by atoms with van der Waals surface area (Å²) in [6, 6.07) is 0. The number of thioether (sulfide) groups is 1. The molecule has 1 nitrogen and oxygen atoms in total. The summed E-state index contributed by atoms with van der Waals surface area (Å²) in [6.07, 6.45) is 4.32. The van der Waals surface area contributed by atoms with Crippen molar-refractivity contribution in [1.82, 2.24) is 0 Å². The Morgan fingerprint density at radius 3 is 2.36 bits per heavy atom. The van der Waals surface area contributed by atoms with Gasteiger partial charge in [0, 0.05) is 17.5 Å². The lowest BCUT2D eigenvalue weighted by Gasteiger charge is -2.23. The van der Waals surface area contributed by atoms with E-state index in [0.717, 1.165) is 23.3 Å². The van der Waals surface area contributed by atoms with Gasteiger partial charge in [-0.25, -0.2) is 0 Å². The van der Waals surface area contributed by atoms with Gasteiger partial charge in [0.1, 0.15) is 0 Å². The lowest BCUT2D eigenvalue weighted by Crippen LogP contribution is -2.15. The van der Waals surface area contributed by atoms with Gasteiger partial charge in [0.05, 0.1) is 0 Å². The third-order valence-corrected chi connectivity index (χ3v) is 2.94. The Kier molecular flexibility index (Phi) is 9.28. The monoisotopic (exact) mass is 193 g/mol. The average Bonchev–Trinajstić information content (AvgIpc) is 1.87. The highest BCUT2D eigenvalue weighted by molar-refractivity contribution is 7.99. The molecule has 0 saturated heterocycles. The Labute approximate surface area is 79.9 Å². The molecule has 68 valence electrons. The Balaban J connectivity index is 0.000000292. The summed E-state index contributed by atoms with van der Waals surface area (Å²) in [5.74, 6) is 2.10. The van der Waals surface area contributed by atoms with Crippen molar-refractivity contribution in [1.29, 1.82) is 0 Å². The molecule has 1 aliphatic carbocycles. The summed E-state index contributed by atoms with van der Waals surface area (Å²) in [6.45, 7) is 2.84. The number of rotatable bonds is 3. The maximum absolute atomic E-state index is 5.33. The minimum atomic E-state index is 0.848. The van der Waals surface area contributed by atoms with Gasteiger partial charge in [-0.15, -0.1) is 0 Å². The van der Waals surface area contributed by atoms with E-state index in [9.17, 15) is 0 Å². The first kappa shape index (κ1) is 11.7. The molecular formula is C8H19NS2. The molecule has 0 radical (unpaired) electrons. The second-order valence-corrected chi connectivity index (χ2v) is 4.57. The van der Waals surface area contributed by atoms with Crippen molar-refractivity contribution in [3.63, 3.8) is 0 Å². The molecule has 0 unspecified atom stereocenters. The first-order chi connectivity index (χ1) is 5.35. The van der Waals surface area contributed by atoms with Gasteiger partial charge in [0.15, 0.2) is 0 Å². The molecule has 1 saturated carbocycles. The molecule has 0 aromatic carbocycles. The molecule has 1 fully saturated rings. The predicted octanol–water partition coefficient (Wildman–Crippen LogP) is 2.17. The lowest BCUT2D eigenvalue weighted by atomic mass is 10.0. The van der Waals surface area contributed by atoms with Crippen LogP contribution in [0.4, 0.5) is 0 Å². The SMILES string of the molecule is CCS.NCCSC1CCC1. The van der Waals surface area contributed by atoms with Crippen LogP contribution in [0.3, 0.4) is 0 Å². The Hall–Kier alpha value is 0.660. The van der Waals surface area contributed by atoms with Crippen LogP contribution in [-0.2, 0) is 0 Å². The van der Waals surface area contributed by atoms with E-state index in [1.165, 1.54) is 19.3 Å². The minimum Gasteiger partial charge on any atom is -0.330 e. The van der Waals surface area contributed by atoms with E-state index >= 15 is 0 Å². The van der Waals surface area contributed by atoms with Crippen LogP contribution < -0.4 is 5.73 Å². The molecule has 0 bridgehead atoms. The topological polar surface area (TPSA) is 26.0 Å². The van der Waals surface area contributed by atoms with Crippen LogP contribution in [-0.4, -0.2) is 23.3 Å². The van der Waals surface area contributed by atoms with E-state index in [4.69, 9.17) is 5.73 Å². The zero-order valence-electron chi connectivity index (χ0n) is 7.25. The third kappa shape index (κ3) is 7.04. The Morgan fingerprint density at radius 1 is 1.55 bits per heavy atom. The number of thiol groups is 1. The second kappa shape index (κ2) is 8.75. The summed E-state index contributed by atoms with van der Waals surface area (Å²) in [5.41, 5.74) is 5.33. The van der Waals surface area contributed by atoms with Crippen LogP contribution in [0, 0.1) is 0 Å². The van der Waals surface area contributed by atoms with Gasteiger partial charge in [0.25, 0.3) is 0 Å². The fourth-order valence-corrected chi connectivity index (χ4v) is 1.91. The third-order valence-electron chi connectivity index (χ3n) is 1.52. The van der Waals surface area contributed by atoms with E-state index in [0.29, 0.717) is 0 Å². The predicted molar refractivity (Wildman–Crippen MR) is 58.7 cm³/mol. The summed E-state index contributed by atoms with van der Waals surface area (Å²) in [5, 5.41) is 0.971. The van der Waals surface area contributed by atoms with Gasteiger partial charge in [-0.3, -0.25) is 0 Å². The van der Waals surface area contributed by atoms with Crippen molar-refractivity contribution >= 4 is 24.4 Å². The highest BCUT2D eigenvalue weighted by atomic mass is 32.2. The van der Waals surface area contributed by atoms with Crippen LogP contribution in [0.15, 0.2) is 0 Å². The largest absolute Gasteiger partial charge is 0.330 e. The van der Waals surface area contributed by atoms with Gasteiger partial charge in [0.2, 0.25) is 0 Å². The first-order valence-corrected chi connectivity index (χ1v) is 5.95. The van der Waals surface area contributed by atoms with Crippen molar-refractivity contribution in [2.24, 2.45) is 5.73 Å². The quantitative estimate of drug-likeness (QED) is 0.672. The molecule has 0 spiro atoms. The maximum atomic E-state index is 5.33. The molecule has 0 aromatic heterocycles. The number of nitrogens with two attached hydrogens (primary N) is 1. The van der Waals surface area contributed by atoms with Gasteiger partial charge in [-0.05, 0) is 18.6 Å². The van der Waals surface area contributed by atoms with Gasteiger partial charge in [-0.2, -0.15) is 24.4 Å². The van der Waals surface area contributed by atoms with Crippen LogP contribution in [0.5, 0.6) is 0 Å². The molecule has 0 aromatic rings. The summed E-state index contributed by atoms with van der Waals surface area (Å²) in [7, 11) is 0. The van der Waals surface area contributed by atoms with E-state index in [1.807, 2.05) is 18.7 Å². The lowest BCUT2D eigenvalue weighted by molar-refractivity contribution is 0.522. The normalized spacial score (nSPS) is 16.6. The van der Waals surface area contributed by atoms with E-state index in [1.54, 1.807) is 0 Å². The molecule has 0 heterocycles. The Bertz CT molecular complexity index is 74.5. The standard InChI is InChI=1S/C6H13NS.C2H6S/c7-4-5-8-6-2-1-3-6;1-2-3/h6H,1-5,7H2;3H,2H2,1H3. The molecule has 2 N–H and O–H groups in total. The highest BCUT2D eigenvalue weighted by Gasteiger charge is 2.16. The number of hydrogen-bond acceptors (Lipinski definition) is 3. The van der Waals surface area contributed by atoms with Crippen molar-refractivity contribution in [3.05, 3.63) is 0 Å². The second-order valence-electron chi connectivity index (χ2n) is 2.53. The van der Waals surface area contributed by atoms with E-state index in [-0.39, 0.29) is 0 Å². The summed E-state index contributed by atoms with van der Waals surface area (Å²) >= 11 is 5.83. The fraction of sp³-hybridized carbons (Fsp3) is 1.00. The van der Waals surface area contributed by atoms with Gasteiger partial charge >= 0.3 is 0 Å². The Morgan fingerprint density at radius 2 is 2.09 bits per heavy atom. The minimum absolute atomic E-state index is 0.848. The van der Waals surface area contributed by atoms with E-state index in [2.05, 4.69) is 12.6 Å². The van der Waals surface area contributed by atoms with Gasteiger partial charge < -0.3 is 5.73 Å². The highest BCUT2D eigenvalue weighted by Crippen LogP contribution is 2.30. The molecule has 11 heavy (non-hydrogen) atoms. The smallest absolute Gasteiger partial charge is 0.00586 e. The molecule has 0 atom stereocenters. The molecule has 3 heteroatoms. The van der Waals surface area contributed by atoms with Gasteiger partial charge in [-0.1, -0.05) is 13.3 Å².